The van der Waals surface area contributed by atoms with Crippen molar-refractivity contribution in [3.05, 3.63) is 108 Å². The molecule has 0 aliphatic heterocycles. The average molecular weight is 561 g/mol. The number of anilines is 1. The van der Waals surface area contributed by atoms with Crippen molar-refractivity contribution in [2.24, 2.45) is 0 Å². The predicted octanol–water partition coefficient (Wildman–Crippen LogP) is 6.22. The highest BCUT2D eigenvalue weighted by molar-refractivity contribution is 7.86. The zero-order valence-corrected chi connectivity index (χ0v) is 23.6. The maximum absolute atomic E-state index is 12.8. The van der Waals surface area contributed by atoms with Gasteiger partial charge in [0.05, 0.1) is 24.7 Å². The molecule has 0 atom stereocenters. The third-order valence-electron chi connectivity index (χ3n) is 6.02. The topological polar surface area (TPSA) is 95.0 Å². The molecule has 0 saturated carbocycles. The van der Waals surface area contributed by atoms with Crippen molar-refractivity contribution in [1.29, 1.82) is 0 Å². The van der Waals surface area contributed by atoms with Gasteiger partial charge in [0, 0.05) is 25.1 Å². The molecule has 9 heteroatoms. The van der Waals surface area contributed by atoms with Crippen LogP contribution in [0.4, 0.5) is 5.69 Å². The van der Waals surface area contributed by atoms with Gasteiger partial charge < -0.3 is 14.4 Å². The number of nitrogens with zero attached hydrogens (tertiary/aromatic N) is 2. The molecule has 0 saturated heterocycles. The van der Waals surface area contributed by atoms with Gasteiger partial charge in [-0.25, -0.2) is 4.98 Å². The van der Waals surface area contributed by atoms with Crippen LogP contribution in [0.15, 0.2) is 96.0 Å². The van der Waals surface area contributed by atoms with E-state index in [1.54, 1.807) is 35.4 Å². The van der Waals surface area contributed by atoms with Crippen molar-refractivity contribution in [1.82, 2.24) is 4.98 Å². The van der Waals surface area contributed by atoms with Gasteiger partial charge in [0.1, 0.15) is 17.2 Å². The highest BCUT2D eigenvalue weighted by atomic mass is 32.2. The zero-order chi connectivity index (χ0) is 28.5. The van der Waals surface area contributed by atoms with E-state index in [9.17, 15) is 13.2 Å². The van der Waals surface area contributed by atoms with Crippen LogP contribution in [0.3, 0.4) is 0 Å². The Kier molecular flexibility index (Phi) is 9.52. The lowest BCUT2D eigenvalue weighted by atomic mass is 10.1. The predicted molar refractivity (Wildman–Crippen MR) is 153 cm³/mol. The number of rotatable bonds is 12. The lowest BCUT2D eigenvalue weighted by Crippen LogP contribution is -2.28. The Morgan fingerprint density at radius 3 is 2.33 bits per heavy atom. The number of ether oxygens (including phenoxy) is 2. The van der Waals surface area contributed by atoms with Crippen LogP contribution < -0.4 is 14.4 Å². The largest absolute Gasteiger partial charge is 0.493 e. The highest BCUT2D eigenvalue weighted by Crippen LogP contribution is 2.32. The number of benzene rings is 3. The molecule has 0 bridgehead atoms. The maximum atomic E-state index is 12.8. The number of aromatic nitrogens is 1. The minimum atomic E-state index is -3.84. The molecular weight excluding hydrogens is 528 g/mol. The van der Waals surface area contributed by atoms with Gasteiger partial charge in [-0.15, -0.1) is 0 Å². The third kappa shape index (κ3) is 7.68. The van der Waals surface area contributed by atoms with Crippen molar-refractivity contribution < 1.29 is 26.9 Å². The highest BCUT2D eigenvalue weighted by Gasteiger charge is 2.20. The van der Waals surface area contributed by atoms with E-state index in [0.29, 0.717) is 29.5 Å². The molecule has 0 aliphatic carbocycles. The maximum Gasteiger partial charge on any atom is 0.296 e. The first-order valence-electron chi connectivity index (χ1n) is 12.9. The number of amides is 1. The minimum Gasteiger partial charge on any atom is -0.493 e. The molecule has 0 N–H and O–H groups in total. The molecule has 4 rings (SSSR count). The van der Waals surface area contributed by atoms with Crippen LogP contribution in [-0.2, 0) is 25.6 Å². The van der Waals surface area contributed by atoms with Crippen molar-refractivity contribution in [3.63, 3.8) is 0 Å². The number of carbonyl (C=O) groups is 1. The Hall–Kier alpha value is -4.21. The Balaban J connectivity index is 1.44. The molecule has 0 fully saturated rings. The molecule has 1 heterocycles. The first-order chi connectivity index (χ1) is 19.2. The molecule has 0 spiro atoms. The molecule has 4 aromatic rings. The van der Waals surface area contributed by atoms with Crippen molar-refractivity contribution in [2.45, 2.75) is 38.6 Å². The number of pyridine rings is 1. The summed E-state index contributed by atoms with van der Waals surface area (Å²) >= 11 is 0. The van der Waals surface area contributed by atoms with Gasteiger partial charge in [0.2, 0.25) is 11.8 Å². The lowest BCUT2D eigenvalue weighted by Gasteiger charge is -2.24. The Bertz CT molecular complexity index is 1540. The van der Waals surface area contributed by atoms with Gasteiger partial charge in [-0.3, -0.25) is 8.98 Å². The number of aryl methyl sites for hydroxylation is 2. The van der Waals surface area contributed by atoms with Crippen LogP contribution in [0.1, 0.15) is 30.0 Å². The van der Waals surface area contributed by atoms with Crippen LogP contribution in [0.25, 0.3) is 0 Å². The molecule has 0 unspecified atom stereocenters. The van der Waals surface area contributed by atoms with Crippen LogP contribution in [0.5, 0.6) is 17.4 Å². The molecule has 208 valence electrons. The lowest BCUT2D eigenvalue weighted by molar-refractivity contribution is -0.116. The average Bonchev–Trinajstić information content (AvgIpc) is 2.93. The van der Waals surface area contributed by atoms with Gasteiger partial charge in [-0.05, 0) is 56.3 Å². The second-order valence-corrected chi connectivity index (χ2v) is 10.9. The van der Waals surface area contributed by atoms with Gasteiger partial charge in [0.25, 0.3) is 10.1 Å². The monoisotopic (exact) mass is 560 g/mol. The fourth-order valence-electron chi connectivity index (χ4n) is 3.96. The van der Waals surface area contributed by atoms with Crippen LogP contribution in [0.2, 0.25) is 0 Å². The summed E-state index contributed by atoms with van der Waals surface area (Å²) in [5.41, 5.74) is 3.29. The van der Waals surface area contributed by atoms with E-state index in [0.717, 1.165) is 16.7 Å². The second kappa shape index (κ2) is 13.2. The van der Waals surface area contributed by atoms with E-state index in [2.05, 4.69) is 4.98 Å². The molecule has 8 nitrogen and oxygen atoms in total. The molecule has 0 radical (unpaired) electrons. The fourth-order valence-corrected chi connectivity index (χ4v) is 4.90. The minimum absolute atomic E-state index is 0.0210. The molecule has 0 aliphatic rings. The van der Waals surface area contributed by atoms with Crippen molar-refractivity contribution >= 4 is 21.7 Å². The summed E-state index contributed by atoms with van der Waals surface area (Å²) < 4.78 is 42.0. The Morgan fingerprint density at radius 2 is 1.60 bits per heavy atom. The molecule has 1 aromatic heterocycles. The molecular formula is C31H32N2O6S. The Labute approximate surface area is 235 Å². The SMILES string of the molecule is CC(=O)N(Cc1cc(C)ccc1OCCCOS(=O)(=O)c1ccc(C)cc1)c1cccnc1Oc1ccccc1. The zero-order valence-electron chi connectivity index (χ0n) is 22.7. The molecule has 40 heavy (non-hydrogen) atoms. The van der Waals surface area contributed by atoms with E-state index in [4.69, 9.17) is 13.7 Å². The summed E-state index contributed by atoms with van der Waals surface area (Å²) in [6, 6.07) is 25.0. The summed E-state index contributed by atoms with van der Waals surface area (Å²) in [7, 11) is -3.84. The van der Waals surface area contributed by atoms with E-state index in [-0.39, 0.29) is 30.6 Å². The summed E-state index contributed by atoms with van der Waals surface area (Å²) in [6.07, 6.45) is 1.97. The Morgan fingerprint density at radius 1 is 0.875 bits per heavy atom. The summed E-state index contributed by atoms with van der Waals surface area (Å²) in [5, 5.41) is 0. The third-order valence-corrected chi connectivity index (χ3v) is 7.35. The standard InChI is InChI=1S/C31H32N2O6S/c1-23-12-15-28(16-13-23)40(35,36)38-20-8-19-37-30-17-14-24(2)21-26(30)22-33(25(3)34)29-11-7-18-32-31(29)39-27-9-5-4-6-10-27/h4-7,9-18,21H,8,19-20,22H2,1-3H3. The smallest absolute Gasteiger partial charge is 0.296 e. The van der Waals surface area contributed by atoms with Crippen LogP contribution in [-0.4, -0.2) is 32.5 Å². The first-order valence-corrected chi connectivity index (χ1v) is 14.3. The number of para-hydroxylation sites is 1. The normalized spacial score (nSPS) is 11.2. The van der Waals surface area contributed by atoms with Gasteiger partial charge in [-0.1, -0.05) is 53.6 Å². The quantitative estimate of drug-likeness (QED) is 0.150. The number of hydrogen-bond donors (Lipinski definition) is 0. The summed E-state index contributed by atoms with van der Waals surface area (Å²) in [6.45, 7) is 5.77. The van der Waals surface area contributed by atoms with Crippen LogP contribution in [0, 0.1) is 13.8 Å². The molecule has 3 aromatic carbocycles. The van der Waals surface area contributed by atoms with E-state index in [1.165, 1.54) is 19.1 Å². The molecule has 1 amide bonds. The first kappa shape index (κ1) is 28.8. The van der Waals surface area contributed by atoms with Gasteiger partial charge in [-0.2, -0.15) is 8.42 Å². The summed E-state index contributed by atoms with van der Waals surface area (Å²) in [4.78, 5) is 18.9. The van der Waals surface area contributed by atoms with E-state index < -0.39 is 10.1 Å². The number of hydrogen-bond acceptors (Lipinski definition) is 7. The number of carbonyl (C=O) groups excluding carboxylic acids is 1. The van der Waals surface area contributed by atoms with E-state index in [1.807, 2.05) is 62.4 Å². The second-order valence-electron chi connectivity index (χ2n) is 9.25. The fraction of sp³-hybridized carbons (Fsp3) is 0.226. The van der Waals surface area contributed by atoms with Gasteiger partial charge >= 0.3 is 0 Å². The van der Waals surface area contributed by atoms with Gasteiger partial charge in [0.15, 0.2) is 0 Å². The van der Waals surface area contributed by atoms with Crippen LogP contribution >= 0.6 is 0 Å². The van der Waals surface area contributed by atoms with E-state index >= 15 is 0 Å². The van der Waals surface area contributed by atoms with Crippen molar-refractivity contribution in [2.75, 3.05) is 18.1 Å². The summed E-state index contributed by atoms with van der Waals surface area (Å²) in [5.74, 6) is 1.32. The van der Waals surface area contributed by atoms with Crippen molar-refractivity contribution in [3.8, 4) is 17.4 Å².